The van der Waals surface area contributed by atoms with E-state index in [-0.39, 0.29) is 11.7 Å². The van der Waals surface area contributed by atoms with Crippen molar-refractivity contribution in [2.75, 3.05) is 0 Å². The maximum absolute atomic E-state index is 12.6. The average molecular weight is 268 g/mol. The Morgan fingerprint density at radius 2 is 1.70 bits per heavy atom. The zero-order valence-corrected chi connectivity index (χ0v) is 11.6. The first kappa shape index (κ1) is 13.3. The summed E-state index contributed by atoms with van der Waals surface area (Å²) in [6.45, 7) is 0. The molecule has 0 aliphatic heterocycles. The average Bonchev–Trinajstić information content (AvgIpc) is 2.54. The first-order valence-electron chi connectivity index (χ1n) is 7.47. The van der Waals surface area contributed by atoms with Crippen molar-refractivity contribution in [2.24, 2.45) is 5.92 Å². The normalized spacial score (nSPS) is 18.1. The van der Waals surface area contributed by atoms with Crippen LogP contribution in [0.5, 0.6) is 0 Å². The molecule has 0 bridgehead atoms. The molecule has 2 aromatic carbocycles. The minimum atomic E-state index is -0.846. The van der Waals surface area contributed by atoms with Gasteiger partial charge < -0.3 is 5.11 Å². The second-order valence-corrected chi connectivity index (χ2v) is 5.73. The number of hydrogen-bond donors (Lipinski definition) is 1. The number of Topliss-reactive ketones (excluding diaryl/α,β-unsaturated/α-hetero) is 1. The van der Waals surface area contributed by atoms with Crippen LogP contribution in [0.1, 0.15) is 42.5 Å². The van der Waals surface area contributed by atoms with E-state index in [4.69, 9.17) is 0 Å². The van der Waals surface area contributed by atoms with Gasteiger partial charge in [0.25, 0.3) is 0 Å². The van der Waals surface area contributed by atoms with Crippen molar-refractivity contribution in [1.82, 2.24) is 0 Å². The van der Waals surface area contributed by atoms with E-state index in [1.165, 1.54) is 6.42 Å². The van der Waals surface area contributed by atoms with E-state index >= 15 is 0 Å². The molecule has 2 aromatic rings. The molecule has 3 rings (SSSR count). The van der Waals surface area contributed by atoms with Crippen molar-refractivity contribution in [3.63, 3.8) is 0 Å². The minimum Gasteiger partial charge on any atom is -0.385 e. The number of aliphatic hydroxyl groups is 1. The minimum absolute atomic E-state index is 0.117. The fraction of sp³-hybridized carbons (Fsp3) is 0.389. The fourth-order valence-corrected chi connectivity index (χ4v) is 3.26. The molecule has 1 fully saturated rings. The van der Waals surface area contributed by atoms with Gasteiger partial charge in [0.15, 0.2) is 5.78 Å². The summed E-state index contributed by atoms with van der Waals surface area (Å²) in [7, 11) is 0. The van der Waals surface area contributed by atoms with Crippen molar-refractivity contribution < 1.29 is 9.90 Å². The van der Waals surface area contributed by atoms with E-state index < -0.39 is 6.10 Å². The summed E-state index contributed by atoms with van der Waals surface area (Å²) in [6.07, 6.45) is 4.58. The smallest absolute Gasteiger partial charge is 0.192 e. The summed E-state index contributed by atoms with van der Waals surface area (Å²) in [4.78, 5) is 12.6. The number of fused-ring (bicyclic) bond motifs is 1. The summed E-state index contributed by atoms with van der Waals surface area (Å²) < 4.78 is 0. The van der Waals surface area contributed by atoms with Gasteiger partial charge in [-0.1, -0.05) is 61.7 Å². The highest BCUT2D eigenvalue weighted by molar-refractivity contribution is 6.10. The molecule has 1 unspecified atom stereocenters. The van der Waals surface area contributed by atoms with Crippen LogP contribution in [0.4, 0.5) is 0 Å². The molecule has 2 nitrogen and oxygen atoms in total. The summed E-state index contributed by atoms with van der Waals surface area (Å²) in [5, 5.41) is 12.4. The summed E-state index contributed by atoms with van der Waals surface area (Å²) in [5.41, 5.74) is 0.654. The Labute approximate surface area is 119 Å². The molecule has 0 amide bonds. The van der Waals surface area contributed by atoms with Crippen LogP contribution < -0.4 is 0 Å². The molecule has 1 N–H and O–H groups in total. The number of carbonyl (C=O) groups is 1. The first-order chi connectivity index (χ1) is 9.77. The number of carbonyl (C=O) groups excluding carboxylic acids is 1. The molecule has 1 atom stereocenters. The summed E-state index contributed by atoms with van der Waals surface area (Å²) >= 11 is 0. The number of rotatable bonds is 3. The van der Waals surface area contributed by atoms with Gasteiger partial charge in [0.05, 0.1) is 0 Å². The van der Waals surface area contributed by atoms with Crippen molar-refractivity contribution in [3.8, 4) is 0 Å². The number of ketones is 1. The number of hydrogen-bond acceptors (Lipinski definition) is 2. The molecule has 104 valence electrons. The van der Waals surface area contributed by atoms with Gasteiger partial charge in [-0.3, -0.25) is 4.79 Å². The van der Waals surface area contributed by atoms with E-state index in [0.717, 1.165) is 36.5 Å². The van der Waals surface area contributed by atoms with Crippen LogP contribution in [0.25, 0.3) is 10.8 Å². The highest BCUT2D eigenvalue weighted by atomic mass is 16.3. The van der Waals surface area contributed by atoms with Crippen molar-refractivity contribution >= 4 is 16.6 Å². The zero-order chi connectivity index (χ0) is 13.9. The molecule has 0 aromatic heterocycles. The standard InChI is InChI=1S/C18H20O2/c19-17(14-8-2-1-3-9-14)18(20)16-12-6-10-13-7-4-5-11-15(13)16/h4-7,10-12,14,17,19H,1-3,8-9H2. The largest absolute Gasteiger partial charge is 0.385 e. The van der Waals surface area contributed by atoms with E-state index in [1.54, 1.807) is 0 Å². The van der Waals surface area contributed by atoms with Crippen LogP contribution in [0.15, 0.2) is 42.5 Å². The SMILES string of the molecule is O=C(c1cccc2ccccc12)C(O)C1CCCCC1. The number of benzene rings is 2. The molecular formula is C18H20O2. The molecule has 1 aliphatic carbocycles. The predicted molar refractivity (Wildman–Crippen MR) is 80.9 cm³/mol. The van der Waals surface area contributed by atoms with Gasteiger partial charge in [0, 0.05) is 5.56 Å². The van der Waals surface area contributed by atoms with Crippen molar-refractivity contribution in [1.29, 1.82) is 0 Å². The van der Waals surface area contributed by atoms with Crippen LogP contribution >= 0.6 is 0 Å². The number of aliphatic hydroxyl groups excluding tert-OH is 1. The molecule has 1 saturated carbocycles. The summed E-state index contributed by atoms with van der Waals surface area (Å²) in [5.74, 6) is 0.0175. The molecule has 0 radical (unpaired) electrons. The van der Waals surface area contributed by atoms with Crippen molar-refractivity contribution in [2.45, 2.75) is 38.2 Å². The third kappa shape index (κ3) is 2.48. The Bertz CT molecular complexity index is 606. The highest BCUT2D eigenvalue weighted by Crippen LogP contribution is 2.29. The Balaban J connectivity index is 1.92. The second-order valence-electron chi connectivity index (χ2n) is 5.73. The molecule has 1 aliphatic rings. The van der Waals surface area contributed by atoms with Crippen LogP contribution in [0.3, 0.4) is 0 Å². The fourth-order valence-electron chi connectivity index (χ4n) is 3.26. The Hall–Kier alpha value is -1.67. The van der Waals surface area contributed by atoms with Gasteiger partial charge in [-0.25, -0.2) is 0 Å². The maximum Gasteiger partial charge on any atom is 0.192 e. The van der Waals surface area contributed by atoms with Crippen LogP contribution in [-0.4, -0.2) is 17.0 Å². The quantitative estimate of drug-likeness (QED) is 0.855. The molecule has 0 heterocycles. The lowest BCUT2D eigenvalue weighted by atomic mass is 9.82. The highest BCUT2D eigenvalue weighted by Gasteiger charge is 2.28. The van der Waals surface area contributed by atoms with Gasteiger partial charge in [-0.15, -0.1) is 0 Å². The topological polar surface area (TPSA) is 37.3 Å². The van der Waals surface area contributed by atoms with Gasteiger partial charge in [-0.2, -0.15) is 0 Å². The van der Waals surface area contributed by atoms with Gasteiger partial charge in [-0.05, 0) is 29.5 Å². The predicted octanol–water partition coefficient (Wildman–Crippen LogP) is 3.96. The lowest BCUT2D eigenvalue weighted by Gasteiger charge is -2.25. The lowest BCUT2D eigenvalue weighted by Crippen LogP contribution is -2.31. The van der Waals surface area contributed by atoms with Crippen LogP contribution in [0, 0.1) is 5.92 Å². The van der Waals surface area contributed by atoms with E-state index in [9.17, 15) is 9.90 Å². The van der Waals surface area contributed by atoms with E-state index in [2.05, 4.69) is 0 Å². The van der Waals surface area contributed by atoms with Crippen molar-refractivity contribution in [3.05, 3.63) is 48.0 Å². The molecular weight excluding hydrogens is 248 g/mol. The molecule has 2 heteroatoms. The van der Waals surface area contributed by atoms with E-state index in [1.807, 2.05) is 42.5 Å². The van der Waals surface area contributed by atoms with E-state index in [0.29, 0.717) is 5.56 Å². The third-order valence-electron chi connectivity index (χ3n) is 4.42. The van der Waals surface area contributed by atoms with Crippen LogP contribution in [0.2, 0.25) is 0 Å². The Kier molecular flexibility index (Phi) is 3.83. The monoisotopic (exact) mass is 268 g/mol. The van der Waals surface area contributed by atoms with Gasteiger partial charge in [0.1, 0.15) is 6.10 Å². The second kappa shape index (κ2) is 5.76. The Morgan fingerprint density at radius 3 is 2.50 bits per heavy atom. The first-order valence-corrected chi connectivity index (χ1v) is 7.47. The molecule has 0 spiro atoms. The zero-order valence-electron chi connectivity index (χ0n) is 11.6. The Morgan fingerprint density at radius 1 is 1.00 bits per heavy atom. The van der Waals surface area contributed by atoms with Gasteiger partial charge in [0.2, 0.25) is 0 Å². The molecule has 20 heavy (non-hydrogen) atoms. The third-order valence-corrected chi connectivity index (χ3v) is 4.42. The lowest BCUT2D eigenvalue weighted by molar-refractivity contribution is 0.0536. The van der Waals surface area contributed by atoms with Gasteiger partial charge >= 0.3 is 0 Å². The summed E-state index contributed by atoms with van der Waals surface area (Å²) in [6, 6.07) is 13.6. The van der Waals surface area contributed by atoms with Crippen LogP contribution in [-0.2, 0) is 0 Å². The maximum atomic E-state index is 12.6. The molecule has 0 saturated heterocycles.